The quantitative estimate of drug-likeness (QED) is 0.572. The molecule has 1 aromatic heterocycles. The number of nitro benzene ring substituents is 1. The number of hydrogen-bond acceptors (Lipinski definition) is 6. The Hall–Kier alpha value is -3.29. The van der Waals surface area contributed by atoms with Crippen LogP contribution in [0.3, 0.4) is 0 Å². The highest BCUT2D eigenvalue weighted by atomic mass is 16.6. The molecule has 1 heterocycles. The average molecular weight is 297 g/mol. The van der Waals surface area contributed by atoms with E-state index in [2.05, 4.69) is 20.6 Å². The molecule has 0 unspecified atom stereocenters. The lowest BCUT2D eigenvalue weighted by Crippen LogP contribution is -1.96. The molecular weight excluding hydrogens is 286 g/mol. The molecule has 0 saturated carbocycles. The monoisotopic (exact) mass is 297 g/mol. The van der Waals surface area contributed by atoms with Gasteiger partial charge in [0.1, 0.15) is 12.4 Å². The molecule has 3 rings (SSSR count). The van der Waals surface area contributed by atoms with Crippen LogP contribution < -0.4 is 4.74 Å². The van der Waals surface area contributed by atoms with Gasteiger partial charge in [0.15, 0.2) is 0 Å². The maximum absolute atomic E-state index is 10.6. The van der Waals surface area contributed by atoms with Gasteiger partial charge < -0.3 is 4.74 Å². The number of tetrazole rings is 1. The van der Waals surface area contributed by atoms with Crippen molar-refractivity contribution < 1.29 is 9.66 Å². The third-order valence-corrected chi connectivity index (χ3v) is 2.99. The van der Waals surface area contributed by atoms with Crippen LogP contribution >= 0.6 is 0 Å². The summed E-state index contributed by atoms with van der Waals surface area (Å²) in [6.07, 6.45) is 0. The number of non-ortho nitro benzene ring substituents is 1. The number of H-pyrrole nitrogens is 1. The maximum atomic E-state index is 10.6. The fourth-order valence-electron chi connectivity index (χ4n) is 1.89. The van der Waals surface area contributed by atoms with E-state index < -0.39 is 4.92 Å². The maximum Gasteiger partial charge on any atom is 0.269 e. The molecule has 22 heavy (non-hydrogen) atoms. The van der Waals surface area contributed by atoms with E-state index in [1.54, 1.807) is 18.2 Å². The fraction of sp³-hybridized carbons (Fsp3) is 0.0714. The van der Waals surface area contributed by atoms with E-state index in [1.165, 1.54) is 12.1 Å². The average Bonchev–Trinajstić information content (AvgIpc) is 3.08. The van der Waals surface area contributed by atoms with E-state index in [4.69, 9.17) is 4.74 Å². The Morgan fingerprint density at radius 3 is 2.68 bits per heavy atom. The van der Waals surface area contributed by atoms with Gasteiger partial charge in [-0.15, -0.1) is 10.2 Å². The van der Waals surface area contributed by atoms with Gasteiger partial charge >= 0.3 is 0 Å². The molecule has 0 bridgehead atoms. The summed E-state index contributed by atoms with van der Waals surface area (Å²) in [6, 6.07) is 13.5. The van der Waals surface area contributed by atoms with Gasteiger partial charge in [0.25, 0.3) is 5.69 Å². The molecule has 0 atom stereocenters. The van der Waals surface area contributed by atoms with Gasteiger partial charge in [-0.25, -0.2) is 0 Å². The molecule has 0 amide bonds. The third-order valence-electron chi connectivity index (χ3n) is 2.99. The van der Waals surface area contributed by atoms with Crippen LogP contribution in [0.1, 0.15) is 5.56 Å². The lowest BCUT2D eigenvalue weighted by Gasteiger charge is -2.07. The molecule has 0 fully saturated rings. The van der Waals surface area contributed by atoms with Crippen molar-refractivity contribution in [3.8, 4) is 17.1 Å². The van der Waals surface area contributed by atoms with Gasteiger partial charge in [-0.05, 0) is 35.0 Å². The molecule has 8 heteroatoms. The van der Waals surface area contributed by atoms with E-state index in [9.17, 15) is 10.1 Å². The van der Waals surface area contributed by atoms with Crippen LogP contribution in [0, 0.1) is 10.1 Å². The van der Waals surface area contributed by atoms with Crippen LogP contribution in [0.4, 0.5) is 5.69 Å². The minimum absolute atomic E-state index is 0.0582. The minimum atomic E-state index is -0.432. The summed E-state index contributed by atoms with van der Waals surface area (Å²) in [4.78, 5) is 10.2. The SMILES string of the molecule is O=[N+]([O-])c1ccc(COc2cccc(-c3nn[nH]n3)c2)cc1. The van der Waals surface area contributed by atoms with Crippen molar-refractivity contribution in [3.05, 3.63) is 64.2 Å². The summed E-state index contributed by atoms with van der Waals surface area (Å²) in [5.41, 5.74) is 1.69. The van der Waals surface area contributed by atoms with E-state index >= 15 is 0 Å². The highest BCUT2D eigenvalue weighted by Crippen LogP contribution is 2.21. The number of benzene rings is 2. The standard InChI is InChI=1S/C14H11N5O3/c20-19(21)12-6-4-10(5-7-12)9-22-13-3-1-2-11(8-13)14-15-17-18-16-14/h1-8H,9H2,(H,15,16,17,18). The van der Waals surface area contributed by atoms with Crippen molar-refractivity contribution in [3.63, 3.8) is 0 Å². The van der Waals surface area contributed by atoms with Crippen LogP contribution in [0.25, 0.3) is 11.4 Å². The Labute approximate surface area is 124 Å². The molecule has 1 N–H and O–H groups in total. The molecule has 3 aromatic rings. The highest BCUT2D eigenvalue weighted by Gasteiger charge is 2.06. The number of nitrogens with zero attached hydrogens (tertiary/aromatic N) is 4. The molecule has 0 radical (unpaired) electrons. The van der Waals surface area contributed by atoms with Crippen LogP contribution in [-0.2, 0) is 6.61 Å². The molecule has 110 valence electrons. The highest BCUT2D eigenvalue weighted by molar-refractivity contribution is 5.56. The topological polar surface area (TPSA) is 107 Å². The number of ether oxygens (including phenoxy) is 1. The number of aromatic nitrogens is 4. The molecule has 0 aliphatic rings. The van der Waals surface area contributed by atoms with E-state index in [1.807, 2.05) is 18.2 Å². The molecule has 2 aromatic carbocycles. The number of nitro groups is 1. The number of nitrogens with one attached hydrogen (secondary N) is 1. The zero-order valence-corrected chi connectivity index (χ0v) is 11.3. The molecule has 0 aliphatic heterocycles. The first-order chi connectivity index (χ1) is 10.7. The van der Waals surface area contributed by atoms with Crippen molar-refractivity contribution >= 4 is 5.69 Å². The van der Waals surface area contributed by atoms with E-state index in [0.717, 1.165) is 11.1 Å². The second-order valence-corrected chi connectivity index (χ2v) is 4.48. The Morgan fingerprint density at radius 2 is 2.00 bits per heavy atom. The van der Waals surface area contributed by atoms with Crippen molar-refractivity contribution in [2.75, 3.05) is 0 Å². The summed E-state index contributed by atoms with van der Waals surface area (Å²) in [7, 11) is 0. The second kappa shape index (κ2) is 6.00. The van der Waals surface area contributed by atoms with Crippen LogP contribution in [0.5, 0.6) is 5.75 Å². The zero-order chi connectivity index (χ0) is 15.4. The summed E-state index contributed by atoms with van der Waals surface area (Å²) < 4.78 is 5.68. The smallest absolute Gasteiger partial charge is 0.269 e. The van der Waals surface area contributed by atoms with Gasteiger partial charge in [0.2, 0.25) is 5.82 Å². The number of rotatable bonds is 5. The van der Waals surface area contributed by atoms with Gasteiger partial charge in [-0.1, -0.05) is 12.1 Å². The predicted molar refractivity (Wildman–Crippen MR) is 77.0 cm³/mol. The van der Waals surface area contributed by atoms with Crippen molar-refractivity contribution in [2.24, 2.45) is 0 Å². The minimum Gasteiger partial charge on any atom is -0.489 e. The lowest BCUT2D eigenvalue weighted by atomic mass is 10.2. The Bertz CT molecular complexity index is 771. The van der Waals surface area contributed by atoms with Crippen LogP contribution in [0.2, 0.25) is 0 Å². The molecule has 0 saturated heterocycles. The number of hydrogen-bond donors (Lipinski definition) is 1. The van der Waals surface area contributed by atoms with Gasteiger partial charge in [0, 0.05) is 17.7 Å². The molecular formula is C14H11N5O3. The summed E-state index contributed by atoms with van der Waals surface area (Å²) in [6.45, 7) is 0.313. The lowest BCUT2D eigenvalue weighted by molar-refractivity contribution is -0.384. The van der Waals surface area contributed by atoms with Crippen molar-refractivity contribution in [2.45, 2.75) is 6.61 Å². The summed E-state index contributed by atoms with van der Waals surface area (Å²) in [5.74, 6) is 1.14. The number of aromatic amines is 1. The summed E-state index contributed by atoms with van der Waals surface area (Å²) in [5, 5.41) is 24.3. The van der Waals surface area contributed by atoms with Crippen molar-refractivity contribution in [1.29, 1.82) is 0 Å². The van der Waals surface area contributed by atoms with E-state index in [-0.39, 0.29) is 5.69 Å². The molecule has 0 aliphatic carbocycles. The normalized spacial score (nSPS) is 10.4. The van der Waals surface area contributed by atoms with Crippen LogP contribution in [-0.4, -0.2) is 25.5 Å². The fourth-order valence-corrected chi connectivity index (χ4v) is 1.89. The molecule has 8 nitrogen and oxygen atoms in total. The van der Waals surface area contributed by atoms with Crippen molar-refractivity contribution in [1.82, 2.24) is 20.6 Å². The Morgan fingerprint density at radius 1 is 1.18 bits per heavy atom. The largest absolute Gasteiger partial charge is 0.489 e. The van der Waals surface area contributed by atoms with Gasteiger partial charge in [-0.2, -0.15) is 5.21 Å². The Balaban J connectivity index is 1.69. The van der Waals surface area contributed by atoms with Crippen LogP contribution in [0.15, 0.2) is 48.5 Å². The summed E-state index contributed by atoms with van der Waals surface area (Å²) >= 11 is 0. The molecule has 0 spiro atoms. The zero-order valence-electron chi connectivity index (χ0n) is 11.3. The Kier molecular flexibility index (Phi) is 3.73. The first-order valence-corrected chi connectivity index (χ1v) is 6.42. The third kappa shape index (κ3) is 3.06. The first-order valence-electron chi connectivity index (χ1n) is 6.42. The predicted octanol–water partition coefficient (Wildman–Crippen LogP) is 2.35. The van der Waals surface area contributed by atoms with E-state index in [0.29, 0.717) is 18.2 Å². The first kappa shape index (κ1) is 13.7. The van der Waals surface area contributed by atoms with Gasteiger partial charge in [0.05, 0.1) is 4.92 Å². The van der Waals surface area contributed by atoms with Gasteiger partial charge in [-0.3, -0.25) is 10.1 Å². The second-order valence-electron chi connectivity index (χ2n) is 4.48.